The minimum Gasteiger partial charge on any atom is -0.350 e. The number of hydrogen-bond donors (Lipinski definition) is 2. The van der Waals surface area contributed by atoms with Crippen LogP contribution in [0, 0.1) is 11.3 Å². The van der Waals surface area contributed by atoms with E-state index in [1.54, 1.807) is 23.8 Å². The van der Waals surface area contributed by atoms with Gasteiger partial charge in [0.1, 0.15) is 12.1 Å². The second-order valence-electron chi connectivity index (χ2n) is 14.7. The van der Waals surface area contributed by atoms with E-state index >= 15 is 0 Å². The Hall–Kier alpha value is -2.72. The fourth-order valence-electron chi connectivity index (χ4n) is 6.59. The Morgan fingerprint density at radius 3 is 2.17 bits per heavy atom. The number of halogens is 1. The molecule has 0 aliphatic carbocycles. The molecule has 1 aromatic carbocycles. The zero-order chi connectivity index (χ0) is 34.3. The summed E-state index contributed by atoms with van der Waals surface area (Å²) in [6, 6.07) is 6.11. The van der Waals surface area contributed by atoms with E-state index in [2.05, 4.69) is 45.3 Å². The molecule has 46 heavy (non-hydrogen) atoms. The Bertz CT molecular complexity index is 1260. The number of hydrogen-bond acceptors (Lipinski definition) is 5. The molecule has 2 N–H and O–H groups in total. The summed E-state index contributed by atoms with van der Waals surface area (Å²) in [4.78, 5) is 60.2. The first-order chi connectivity index (χ1) is 21.5. The zero-order valence-electron chi connectivity index (χ0n) is 29.4. The normalized spacial score (nSPS) is 20.9. The number of nitrogens with zero attached hydrogens (tertiary/aromatic N) is 3. The van der Waals surface area contributed by atoms with Gasteiger partial charge < -0.3 is 20.4 Å². The monoisotopic (exact) mass is 701 g/mol. The number of rotatable bonds is 11. The van der Waals surface area contributed by atoms with E-state index in [9.17, 15) is 19.2 Å². The Morgan fingerprint density at radius 1 is 0.957 bits per heavy atom. The molecular formula is C36H56BrN5O4. The molecule has 2 aliphatic rings. The molecule has 256 valence electrons. The standard InChI is InChI=1S/C36H56BrN5O4/c1-23(2)30(40(9)35(46)31(36(6,7)8)39-33(44)29-13-10-11-19-41(29)24(3)4)21-25(5)34(45)42-20-12-14-28(42)32(43)38-22-26-15-17-27(37)18-16-26/h15-18,21,23-24,28-31H,10-14,19-20,22H2,1-9H3,(H,38,43)(H,39,44)/b25-21+/t28-,29?,30+,31+/m0/s1. The van der Waals surface area contributed by atoms with Crippen LogP contribution in [0.2, 0.25) is 0 Å². The van der Waals surface area contributed by atoms with E-state index in [-0.39, 0.29) is 47.7 Å². The number of nitrogens with one attached hydrogen (secondary N) is 2. The number of likely N-dealkylation sites (N-methyl/N-ethyl adjacent to an activating group) is 1. The van der Waals surface area contributed by atoms with Gasteiger partial charge in [-0.2, -0.15) is 0 Å². The molecule has 10 heteroatoms. The first kappa shape index (κ1) is 37.7. The molecule has 0 saturated carbocycles. The van der Waals surface area contributed by atoms with Crippen LogP contribution in [0.15, 0.2) is 40.4 Å². The molecule has 0 aromatic heterocycles. The number of amides is 4. The molecule has 2 saturated heterocycles. The smallest absolute Gasteiger partial charge is 0.249 e. The summed E-state index contributed by atoms with van der Waals surface area (Å²) in [7, 11) is 1.75. The maximum absolute atomic E-state index is 14.1. The molecular weight excluding hydrogens is 646 g/mol. The van der Waals surface area contributed by atoms with Gasteiger partial charge in [0.15, 0.2) is 0 Å². The van der Waals surface area contributed by atoms with Gasteiger partial charge in [-0.1, -0.05) is 75.2 Å². The summed E-state index contributed by atoms with van der Waals surface area (Å²) in [5.41, 5.74) is 0.953. The summed E-state index contributed by atoms with van der Waals surface area (Å²) in [5, 5.41) is 6.13. The highest BCUT2D eigenvalue weighted by Crippen LogP contribution is 2.27. The van der Waals surface area contributed by atoms with E-state index in [1.807, 2.05) is 65.0 Å². The second kappa shape index (κ2) is 16.4. The van der Waals surface area contributed by atoms with Crippen molar-refractivity contribution >= 4 is 39.6 Å². The van der Waals surface area contributed by atoms with Gasteiger partial charge >= 0.3 is 0 Å². The van der Waals surface area contributed by atoms with Crippen LogP contribution in [0.25, 0.3) is 0 Å². The molecule has 0 radical (unpaired) electrons. The molecule has 1 unspecified atom stereocenters. The molecule has 0 spiro atoms. The topological polar surface area (TPSA) is 102 Å². The SMILES string of the molecule is C/C(=C\[C@H](C(C)C)N(C)C(=O)[C@@H](NC(=O)C1CCCCN1C(C)C)C(C)(C)C)C(=O)N1CCC[C@H]1C(=O)NCc1ccc(Br)cc1. The summed E-state index contributed by atoms with van der Waals surface area (Å²) in [5.74, 6) is -0.635. The second-order valence-corrected chi connectivity index (χ2v) is 15.6. The van der Waals surface area contributed by atoms with Gasteiger partial charge in [0, 0.05) is 36.2 Å². The number of carbonyl (C=O) groups is 4. The summed E-state index contributed by atoms with van der Waals surface area (Å²) >= 11 is 3.43. The zero-order valence-corrected chi connectivity index (χ0v) is 30.9. The lowest BCUT2D eigenvalue weighted by atomic mass is 9.84. The predicted molar refractivity (Wildman–Crippen MR) is 187 cm³/mol. The van der Waals surface area contributed by atoms with Crippen LogP contribution in [-0.4, -0.2) is 88.7 Å². The van der Waals surface area contributed by atoms with Crippen LogP contribution >= 0.6 is 15.9 Å². The van der Waals surface area contributed by atoms with Crippen molar-refractivity contribution in [1.29, 1.82) is 0 Å². The third-order valence-electron chi connectivity index (χ3n) is 9.34. The van der Waals surface area contributed by atoms with Crippen LogP contribution in [0.3, 0.4) is 0 Å². The van der Waals surface area contributed by atoms with E-state index in [0.29, 0.717) is 25.1 Å². The van der Waals surface area contributed by atoms with Crippen molar-refractivity contribution in [3.63, 3.8) is 0 Å². The fraction of sp³-hybridized carbons (Fsp3) is 0.667. The minimum absolute atomic E-state index is 0.00591. The van der Waals surface area contributed by atoms with Crippen LogP contribution in [0.4, 0.5) is 0 Å². The van der Waals surface area contributed by atoms with Crippen molar-refractivity contribution in [2.75, 3.05) is 20.1 Å². The van der Waals surface area contributed by atoms with Crippen molar-refractivity contribution < 1.29 is 19.2 Å². The van der Waals surface area contributed by atoms with Crippen molar-refractivity contribution in [2.24, 2.45) is 11.3 Å². The van der Waals surface area contributed by atoms with E-state index < -0.39 is 17.5 Å². The minimum atomic E-state index is -0.732. The van der Waals surface area contributed by atoms with E-state index in [0.717, 1.165) is 42.3 Å². The van der Waals surface area contributed by atoms with Gasteiger partial charge in [-0.15, -0.1) is 0 Å². The average Bonchev–Trinajstić information content (AvgIpc) is 3.50. The molecule has 2 aliphatic heterocycles. The van der Waals surface area contributed by atoms with E-state index in [4.69, 9.17) is 0 Å². The van der Waals surface area contributed by atoms with Crippen LogP contribution in [-0.2, 0) is 25.7 Å². The van der Waals surface area contributed by atoms with Crippen molar-refractivity contribution in [3.05, 3.63) is 46.0 Å². The van der Waals surface area contributed by atoms with Crippen LogP contribution < -0.4 is 10.6 Å². The molecule has 9 nitrogen and oxygen atoms in total. The highest BCUT2D eigenvalue weighted by molar-refractivity contribution is 9.10. The van der Waals surface area contributed by atoms with Gasteiger partial charge in [-0.3, -0.25) is 24.1 Å². The number of piperidine rings is 1. The lowest BCUT2D eigenvalue weighted by Gasteiger charge is -2.41. The van der Waals surface area contributed by atoms with Gasteiger partial charge in [0.2, 0.25) is 23.6 Å². The Morgan fingerprint density at radius 2 is 1.59 bits per heavy atom. The summed E-state index contributed by atoms with van der Waals surface area (Å²) < 4.78 is 0.973. The lowest BCUT2D eigenvalue weighted by molar-refractivity contribution is -0.142. The first-order valence-corrected chi connectivity index (χ1v) is 17.7. The number of likely N-dealkylation sites (tertiary alicyclic amines) is 2. The highest BCUT2D eigenvalue weighted by Gasteiger charge is 2.40. The van der Waals surface area contributed by atoms with E-state index in [1.165, 1.54) is 0 Å². The largest absolute Gasteiger partial charge is 0.350 e. The fourth-order valence-corrected chi connectivity index (χ4v) is 6.85. The van der Waals surface area contributed by atoms with Gasteiger partial charge in [0.05, 0.1) is 12.1 Å². The Kier molecular flexibility index (Phi) is 13.5. The molecule has 2 fully saturated rings. The van der Waals surface area contributed by atoms with Crippen LogP contribution in [0.1, 0.15) is 93.1 Å². The Balaban J connectivity index is 1.74. The molecule has 4 amide bonds. The third-order valence-corrected chi connectivity index (χ3v) is 9.87. The third kappa shape index (κ3) is 9.66. The van der Waals surface area contributed by atoms with Gasteiger partial charge in [-0.05, 0) is 82.0 Å². The van der Waals surface area contributed by atoms with Gasteiger partial charge in [-0.25, -0.2) is 0 Å². The molecule has 0 bridgehead atoms. The average molecular weight is 703 g/mol. The number of benzene rings is 1. The molecule has 2 heterocycles. The van der Waals surface area contributed by atoms with Gasteiger partial charge in [0.25, 0.3) is 0 Å². The summed E-state index contributed by atoms with van der Waals surface area (Å²) in [6.45, 7) is 17.7. The maximum atomic E-state index is 14.1. The lowest BCUT2D eigenvalue weighted by Crippen LogP contribution is -2.60. The molecule has 4 atom stereocenters. The van der Waals surface area contributed by atoms with Crippen molar-refractivity contribution in [1.82, 2.24) is 25.3 Å². The quantitative estimate of drug-likeness (QED) is 0.306. The Labute approximate surface area is 285 Å². The first-order valence-electron chi connectivity index (χ1n) is 16.9. The van der Waals surface area contributed by atoms with Crippen molar-refractivity contribution in [2.45, 2.75) is 124 Å². The van der Waals surface area contributed by atoms with Crippen LogP contribution in [0.5, 0.6) is 0 Å². The molecule has 3 rings (SSSR count). The number of carbonyl (C=O) groups excluding carboxylic acids is 4. The predicted octanol–water partition coefficient (Wildman–Crippen LogP) is 5.28. The molecule has 1 aromatic rings. The highest BCUT2D eigenvalue weighted by atomic mass is 79.9. The van der Waals surface area contributed by atoms with Crippen molar-refractivity contribution in [3.8, 4) is 0 Å². The maximum Gasteiger partial charge on any atom is 0.249 e. The summed E-state index contributed by atoms with van der Waals surface area (Å²) in [6.07, 6.45) is 6.06.